The molecule has 1 amide bonds. The van der Waals surface area contributed by atoms with Gasteiger partial charge in [-0.3, -0.25) is 9.35 Å². The molecule has 0 atom stereocenters. The Kier molecular flexibility index (Phi) is 9.43. The van der Waals surface area contributed by atoms with Gasteiger partial charge in [0.1, 0.15) is 11.4 Å². The number of fused-ring (bicyclic) bond motifs is 1. The molecule has 0 spiro atoms. The number of nitrogens with zero attached hydrogens (tertiary/aromatic N) is 2. The molecule has 0 heterocycles. The molecule has 0 bridgehead atoms. The number of carbonyl (C=O) groups excluding carboxylic acids is 1. The molecule has 9 nitrogen and oxygen atoms in total. The SMILES string of the molecule is COc1ccc(Cl)c(NC(=O)c2cc3ccccc3c(N=Nc3c(C)cc(S(=O)(=O)O)cc3Cl)c2[O-])c1.[Na+]. The molecule has 4 aromatic carbocycles. The number of carbonyl (C=O) groups is 1. The Balaban J connectivity index is 0.00000400. The maximum absolute atomic E-state index is 13.4. The van der Waals surface area contributed by atoms with Crippen LogP contribution in [0, 0.1) is 6.92 Å². The van der Waals surface area contributed by atoms with Gasteiger partial charge in [-0.2, -0.15) is 13.5 Å². The molecule has 0 saturated heterocycles. The molecule has 0 saturated carbocycles. The van der Waals surface area contributed by atoms with Crippen LogP contribution in [0.15, 0.2) is 75.8 Å². The predicted octanol–water partition coefficient (Wildman–Crippen LogP) is 3.46. The number of amides is 1. The summed E-state index contributed by atoms with van der Waals surface area (Å²) in [5.74, 6) is -0.946. The van der Waals surface area contributed by atoms with Crippen LogP contribution in [0.25, 0.3) is 10.8 Å². The predicted molar refractivity (Wildman–Crippen MR) is 140 cm³/mol. The summed E-state index contributed by atoms with van der Waals surface area (Å²) in [6, 6.07) is 15.1. The first-order chi connectivity index (χ1) is 17.5. The van der Waals surface area contributed by atoms with Crippen molar-refractivity contribution in [1.29, 1.82) is 0 Å². The quantitative estimate of drug-likeness (QED) is 0.203. The van der Waals surface area contributed by atoms with Gasteiger partial charge in [0, 0.05) is 17.0 Å². The van der Waals surface area contributed by atoms with Gasteiger partial charge in [0.15, 0.2) is 0 Å². The van der Waals surface area contributed by atoms with Crippen LogP contribution in [0.1, 0.15) is 15.9 Å². The number of benzene rings is 4. The van der Waals surface area contributed by atoms with Crippen molar-refractivity contribution in [3.8, 4) is 11.5 Å². The third-order valence-corrected chi connectivity index (χ3v) is 6.87. The Labute approximate surface area is 250 Å². The molecule has 0 aromatic heterocycles. The topological polar surface area (TPSA) is 140 Å². The second kappa shape index (κ2) is 12.0. The first-order valence-corrected chi connectivity index (χ1v) is 12.8. The van der Waals surface area contributed by atoms with E-state index in [2.05, 4.69) is 15.5 Å². The van der Waals surface area contributed by atoms with Crippen LogP contribution in [0.2, 0.25) is 10.0 Å². The third kappa shape index (κ3) is 6.29. The Morgan fingerprint density at radius 3 is 2.34 bits per heavy atom. The van der Waals surface area contributed by atoms with Gasteiger partial charge in [0.25, 0.3) is 16.0 Å². The van der Waals surface area contributed by atoms with Gasteiger partial charge in [-0.1, -0.05) is 53.2 Å². The number of nitrogens with one attached hydrogen (secondary N) is 1. The average molecular weight is 582 g/mol. The molecule has 0 aliphatic heterocycles. The van der Waals surface area contributed by atoms with Crippen molar-refractivity contribution in [2.75, 3.05) is 12.4 Å². The summed E-state index contributed by atoms with van der Waals surface area (Å²) in [6.45, 7) is 1.52. The van der Waals surface area contributed by atoms with E-state index in [4.69, 9.17) is 27.9 Å². The summed E-state index contributed by atoms with van der Waals surface area (Å²) in [4.78, 5) is 12.7. The number of halogens is 2. The van der Waals surface area contributed by atoms with E-state index in [9.17, 15) is 22.9 Å². The minimum Gasteiger partial charge on any atom is -0.870 e. The number of ether oxygens (including phenoxy) is 1. The number of methoxy groups -OCH3 is 1. The molecule has 0 radical (unpaired) electrons. The molecule has 2 N–H and O–H groups in total. The van der Waals surface area contributed by atoms with Crippen molar-refractivity contribution >= 4 is 67.1 Å². The van der Waals surface area contributed by atoms with E-state index in [0.29, 0.717) is 22.1 Å². The molecule has 0 unspecified atom stereocenters. The number of hydrogen-bond acceptors (Lipinski definition) is 7. The van der Waals surface area contributed by atoms with Gasteiger partial charge in [0.05, 0.1) is 33.4 Å². The summed E-state index contributed by atoms with van der Waals surface area (Å²) >= 11 is 12.4. The zero-order valence-corrected chi connectivity index (χ0v) is 24.6. The van der Waals surface area contributed by atoms with Gasteiger partial charge < -0.3 is 15.2 Å². The number of aryl methyl sites for hydroxylation is 1. The molecule has 190 valence electrons. The Morgan fingerprint density at radius 1 is 1.00 bits per heavy atom. The van der Waals surface area contributed by atoms with Crippen LogP contribution >= 0.6 is 23.2 Å². The largest absolute Gasteiger partial charge is 1.00 e. The molecular weight excluding hydrogens is 564 g/mol. The number of rotatable bonds is 6. The number of hydrogen-bond donors (Lipinski definition) is 2. The standard InChI is InChI=1S/C25H19Cl2N3O6S.Na/c1-13-9-16(37(33,34)35)12-20(27)22(13)29-30-23-17-6-4-3-5-14(17)10-18(24(23)31)25(32)28-21-11-15(36-2)7-8-19(21)26;/h3-12,31H,1-2H3,(H,28,32)(H,33,34,35);/q;+1/p-1. The third-order valence-electron chi connectivity index (χ3n) is 5.42. The van der Waals surface area contributed by atoms with Gasteiger partial charge >= 0.3 is 29.6 Å². The van der Waals surface area contributed by atoms with Gasteiger partial charge in [-0.25, -0.2) is 0 Å². The summed E-state index contributed by atoms with van der Waals surface area (Å²) in [7, 11) is -3.02. The van der Waals surface area contributed by atoms with Crippen LogP contribution in [0.4, 0.5) is 17.1 Å². The minimum atomic E-state index is -4.48. The Bertz CT molecular complexity index is 1670. The average Bonchev–Trinajstić information content (AvgIpc) is 2.85. The zero-order valence-electron chi connectivity index (χ0n) is 20.3. The molecular formula is C25H18Cl2N3NaO6S. The van der Waals surface area contributed by atoms with Crippen molar-refractivity contribution in [3.63, 3.8) is 0 Å². The second-order valence-corrected chi connectivity index (χ2v) is 10.1. The molecule has 38 heavy (non-hydrogen) atoms. The minimum absolute atomic E-state index is 0. The summed E-state index contributed by atoms with van der Waals surface area (Å²) in [6.07, 6.45) is 0. The zero-order chi connectivity index (χ0) is 26.9. The smallest absolute Gasteiger partial charge is 0.870 e. The van der Waals surface area contributed by atoms with Gasteiger partial charge in [-0.05, 0) is 48.2 Å². The summed E-state index contributed by atoms with van der Waals surface area (Å²) < 4.78 is 37.4. The molecule has 0 fully saturated rings. The van der Waals surface area contributed by atoms with Crippen LogP contribution in [0.5, 0.6) is 11.5 Å². The Morgan fingerprint density at radius 2 is 1.68 bits per heavy atom. The van der Waals surface area contributed by atoms with E-state index >= 15 is 0 Å². The molecule has 0 aliphatic rings. The normalized spacial score (nSPS) is 11.4. The van der Waals surface area contributed by atoms with Crippen LogP contribution < -0.4 is 44.7 Å². The van der Waals surface area contributed by atoms with Crippen LogP contribution in [0.3, 0.4) is 0 Å². The van der Waals surface area contributed by atoms with Crippen molar-refractivity contribution in [3.05, 3.63) is 81.8 Å². The van der Waals surface area contributed by atoms with E-state index in [-0.39, 0.29) is 62.2 Å². The fourth-order valence-electron chi connectivity index (χ4n) is 3.57. The summed E-state index contributed by atoms with van der Waals surface area (Å²) in [5, 5.41) is 25.3. The van der Waals surface area contributed by atoms with Crippen molar-refractivity contribution in [2.45, 2.75) is 11.8 Å². The summed E-state index contributed by atoms with van der Waals surface area (Å²) in [5.41, 5.74) is 0.325. The van der Waals surface area contributed by atoms with Crippen molar-refractivity contribution in [2.24, 2.45) is 10.2 Å². The first-order valence-electron chi connectivity index (χ1n) is 10.6. The number of azo groups is 1. The van der Waals surface area contributed by atoms with E-state index in [1.54, 1.807) is 36.4 Å². The van der Waals surface area contributed by atoms with Crippen molar-refractivity contribution < 1.29 is 57.2 Å². The van der Waals surface area contributed by atoms with Crippen molar-refractivity contribution in [1.82, 2.24) is 0 Å². The number of anilines is 1. The fraction of sp³-hybridized carbons (Fsp3) is 0.0800. The van der Waals surface area contributed by atoms with Gasteiger partial charge in [0.2, 0.25) is 0 Å². The van der Waals surface area contributed by atoms with Crippen LogP contribution in [-0.2, 0) is 10.1 Å². The maximum Gasteiger partial charge on any atom is 1.00 e. The molecule has 4 rings (SSSR count). The molecule has 13 heteroatoms. The maximum atomic E-state index is 13.4. The molecule has 4 aromatic rings. The van der Waals surface area contributed by atoms with Gasteiger partial charge in [-0.15, -0.1) is 5.11 Å². The van der Waals surface area contributed by atoms with E-state index in [1.807, 2.05) is 0 Å². The monoisotopic (exact) mass is 581 g/mol. The fourth-order valence-corrected chi connectivity index (χ4v) is 4.70. The van der Waals surface area contributed by atoms with E-state index in [1.165, 1.54) is 32.2 Å². The Hall–Kier alpha value is -2.70. The van der Waals surface area contributed by atoms with E-state index < -0.39 is 26.7 Å². The van der Waals surface area contributed by atoms with Crippen LogP contribution in [-0.4, -0.2) is 26.0 Å². The first kappa shape index (κ1) is 29.9. The molecule has 0 aliphatic carbocycles. The second-order valence-electron chi connectivity index (χ2n) is 7.87. The van der Waals surface area contributed by atoms with E-state index in [0.717, 1.165) is 6.07 Å².